The molecule has 0 atom stereocenters. The molecule has 1 aromatic carbocycles. The molecule has 0 bridgehead atoms. The lowest BCUT2D eigenvalue weighted by atomic mass is 10.1. The molecule has 1 heterocycles. The smallest absolute Gasteiger partial charge is 0.131 e. The first-order chi connectivity index (χ1) is 9.28. The molecule has 0 saturated carbocycles. The molecule has 0 saturated heterocycles. The Morgan fingerprint density at radius 3 is 2.21 bits per heavy atom. The van der Waals surface area contributed by atoms with Crippen molar-refractivity contribution in [3.8, 4) is 17.2 Å². The second-order valence-electron chi connectivity index (χ2n) is 3.88. The highest BCUT2D eigenvalue weighted by molar-refractivity contribution is 7.08. The quantitative estimate of drug-likeness (QED) is 0.880. The summed E-state index contributed by atoms with van der Waals surface area (Å²) < 4.78 is 16.0. The van der Waals surface area contributed by atoms with Crippen molar-refractivity contribution in [3.63, 3.8) is 0 Å². The molecule has 0 radical (unpaired) electrons. The van der Waals surface area contributed by atoms with E-state index in [1.54, 1.807) is 32.7 Å². The molecule has 2 aromatic rings. The van der Waals surface area contributed by atoms with Gasteiger partial charge in [0.15, 0.2) is 0 Å². The predicted molar refractivity (Wildman–Crippen MR) is 77.7 cm³/mol. The zero-order valence-corrected chi connectivity index (χ0v) is 12.0. The van der Waals surface area contributed by atoms with E-state index in [1.165, 1.54) is 0 Å². The second-order valence-corrected chi connectivity index (χ2v) is 4.66. The highest BCUT2D eigenvalue weighted by Crippen LogP contribution is 2.34. The van der Waals surface area contributed by atoms with Crippen LogP contribution >= 0.6 is 11.3 Å². The number of methoxy groups -OCH3 is 3. The molecule has 0 aliphatic heterocycles. The number of benzene rings is 1. The fourth-order valence-electron chi connectivity index (χ4n) is 1.81. The Hall–Kier alpha value is -1.88. The summed E-state index contributed by atoms with van der Waals surface area (Å²) in [6.45, 7) is 0.632. The number of hydrogen-bond donors (Lipinski definition) is 1. The number of anilines is 1. The largest absolute Gasteiger partial charge is 0.496 e. The van der Waals surface area contributed by atoms with Crippen LogP contribution < -0.4 is 19.5 Å². The topological polar surface area (TPSA) is 39.7 Å². The van der Waals surface area contributed by atoms with Gasteiger partial charge in [-0.25, -0.2) is 0 Å². The highest BCUT2D eigenvalue weighted by atomic mass is 32.1. The first kappa shape index (κ1) is 13.5. The van der Waals surface area contributed by atoms with E-state index in [4.69, 9.17) is 14.2 Å². The maximum Gasteiger partial charge on any atom is 0.131 e. The van der Waals surface area contributed by atoms with Crippen molar-refractivity contribution in [1.29, 1.82) is 0 Å². The van der Waals surface area contributed by atoms with Gasteiger partial charge in [-0.05, 0) is 11.4 Å². The van der Waals surface area contributed by atoms with E-state index in [2.05, 4.69) is 10.7 Å². The van der Waals surface area contributed by atoms with Crippen molar-refractivity contribution in [2.75, 3.05) is 26.6 Å². The predicted octanol–water partition coefficient (Wildman–Crippen LogP) is 3.39. The van der Waals surface area contributed by atoms with Crippen molar-refractivity contribution in [3.05, 3.63) is 34.5 Å². The van der Waals surface area contributed by atoms with Crippen molar-refractivity contribution in [2.45, 2.75) is 6.54 Å². The van der Waals surface area contributed by atoms with Gasteiger partial charge in [0.1, 0.15) is 17.2 Å². The summed E-state index contributed by atoms with van der Waals surface area (Å²) in [6.07, 6.45) is 0. The van der Waals surface area contributed by atoms with Crippen LogP contribution in [0.4, 0.5) is 5.69 Å². The van der Waals surface area contributed by atoms with Gasteiger partial charge in [-0.2, -0.15) is 11.3 Å². The minimum atomic E-state index is 0.632. The number of nitrogens with one attached hydrogen (secondary N) is 1. The number of thiophene rings is 1. The summed E-state index contributed by atoms with van der Waals surface area (Å²) >= 11 is 1.66. The minimum Gasteiger partial charge on any atom is -0.496 e. The van der Waals surface area contributed by atoms with E-state index in [0.29, 0.717) is 12.3 Å². The summed E-state index contributed by atoms with van der Waals surface area (Å²) in [7, 11) is 4.90. The second kappa shape index (κ2) is 6.33. The van der Waals surface area contributed by atoms with Gasteiger partial charge < -0.3 is 19.5 Å². The van der Waals surface area contributed by atoms with Crippen LogP contribution in [0.3, 0.4) is 0 Å². The standard InChI is InChI=1S/C14H17NO3S/c1-16-11-6-13(17-2)12(14(7-11)18-3)8-15-10-4-5-19-9-10/h4-7,9,15H,8H2,1-3H3. The minimum absolute atomic E-state index is 0.632. The fraction of sp³-hybridized carbons (Fsp3) is 0.286. The van der Waals surface area contributed by atoms with Gasteiger partial charge in [-0.15, -0.1) is 0 Å². The summed E-state index contributed by atoms with van der Waals surface area (Å²) in [5.74, 6) is 2.21. The van der Waals surface area contributed by atoms with Gasteiger partial charge in [-0.1, -0.05) is 0 Å². The summed E-state index contributed by atoms with van der Waals surface area (Å²) in [4.78, 5) is 0. The van der Waals surface area contributed by atoms with E-state index in [1.807, 2.05) is 23.6 Å². The monoisotopic (exact) mass is 279 g/mol. The fourth-order valence-corrected chi connectivity index (χ4v) is 2.42. The summed E-state index contributed by atoms with van der Waals surface area (Å²) in [5, 5.41) is 7.43. The van der Waals surface area contributed by atoms with Gasteiger partial charge in [0, 0.05) is 29.7 Å². The van der Waals surface area contributed by atoms with Crippen LogP contribution in [0.1, 0.15) is 5.56 Å². The molecular formula is C14H17NO3S. The van der Waals surface area contributed by atoms with E-state index in [-0.39, 0.29) is 0 Å². The van der Waals surface area contributed by atoms with Crippen LogP contribution in [0.2, 0.25) is 0 Å². The maximum atomic E-state index is 5.40. The van der Waals surface area contributed by atoms with Crippen LogP contribution in [0.25, 0.3) is 0 Å². The molecule has 1 aromatic heterocycles. The third kappa shape index (κ3) is 3.12. The molecular weight excluding hydrogens is 262 g/mol. The molecule has 0 amide bonds. The Balaban J connectivity index is 2.26. The lowest BCUT2D eigenvalue weighted by molar-refractivity contribution is 0.369. The maximum absolute atomic E-state index is 5.40. The Morgan fingerprint density at radius 2 is 1.74 bits per heavy atom. The average molecular weight is 279 g/mol. The number of ether oxygens (including phenoxy) is 3. The molecule has 4 nitrogen and oxygen atoms in total. The third-order valence-corrected chi connectivity index (χ3v) is 3.49. The first-order valence-electron chi connectivity index (χ1n) is 5.83. The zero-order chi connectivity index (χ0) is 13.7. The Morgan fingerprint density at radius 1 is 1.05 bits per heavy atom. The van der Waals surface area contributed by atoms with E-state index < -0.39 is 0 Å². The van der Waals surface area contributed by atoms with Crippen LogP contribution in [0.15, 0.2) is 29.0 Å². The number of hydrogen-bond acceptors (Lipinski definition) is 5. The Bertz CT molecular complexity index is 500. The van der Waals surface area contributed by atoms with Crippen molar-refractivity contribution in [1.82, 2.24) is 0 Å². The van der Waals surface area contributed by atoms with Gasteiger partial charge in [-0.3, -0.25) is 0 Å². The van der Waals surface area contributed by atoms with Crippen LogP contribution in [-0.4, -0.2) is 21.3 Å². The van der Waals surface area contributed by atoms with Crippen molar-refractivity contribution >= 4 is 17.0 Å². The average Bonchev–Trinajstić information content (AvgIpc) is 2.97. The molecule has 0 unspecified atom stereocenters. The molecule has 0 aliphatic carbocycles. The molecule has 0 spiro atoms. The lowest BCUT2D eigenvalue weighted by Gasteiger charge is -2.15. The van der Waals surface area contributed by atoms with Gasteiger partial charge in [0.05, 0.1) is 26.9 Å². The molecule has 5 heteroatoms. The van der Waals surface area contributed by atoms with Crippen LogP contribution in [-0.2, 0) is 6.54 Å². The molecule has 0 aliphatic rings. The van der Waals surface area contributed by atoms with E-state index in [9.17, 15) is 0 Å². The Kier molecular flexibility index (Phi) is 4.52. The third-order valence-electron chi connectivity index (χ3n) is 2.81. The SMILES string of the molecule is COc1cc(OC)c(CNc2ccsc2)c(OC)c1. The van der Waals surface area contributed by atoms with E-state index in [0.717, 1.165) is 22.7 Å². The summed E-state index contributed by atoms with van der Waals surface area (Å²) in [6, 6.07) is 5.74. The van der Waals surface area contributed by atoms with E-state index >= 15 is 0 Å². The molecule has 1 N–H and O–H groups in total. The van der Waals surface area contributed by atoms with Crippen LogP contribution in [0, 0.1) is 0 Å². The van der Waals surface area contributed by atoms with Crippen molar-refractivity contribution in [2.24, 2.45) is 0 Å². The summed E-state index contributed by atoms with van der Waals surface area (Å²) in [5.41, 5.74) is 2.06. The normalized spacial score (nSPS) is 10.1. The van der Waals surface area contributed by atoms with Crippen molar-refractivity contribution < 1.29 is 14.2 Å². The van der Waals surface area contributed by atoms with Gasteiger partial charge >= 0.3 is 0 Å². The molecule has 102 valence electrons. The highest BCUT2D eigenvalue weighted by Gasteiger charge is 2.13. The first-order valence-corrected chi connectivity index (χ1v) is 6.77. The molecule has 19 heavy (non-hydrogen) atoms. The number of rotatable bonds is 6. The van der Waals surface area contributed by atoms with Crippen LogP contribution in [0.5, 0.6) is 17.2 Å². The van der Waals surface area contributed by atoms with Gasteiger partial charge in [0.25, 0.3) is 0 Å². The molecule has 0 fully saturated rings. The lowest BCUT2D eigenvalue weighted by Crippen LogP contribution is -2.04. The Labute approximate surface area is 116 Å². The van der Waals surface area contributed by atoms with Gasteiger partial charge in [0.2, 0.25) is 0 Å². The molecule has 2 rings (SSSR count). The zero-order valence-electron chi connectivity index (χ0n) is 11.2.